The molecule has 0 saturated carbocycles. The molecule has 0 fully saturated rings. The van der Waals surface area contributed by atoms with Crippen LogP contribution < -0.4 is 10.9 Å². The van der Waals surface area contributed by atoms with Crippen molar-refractivity contribution >= 4 is 28.6 Å². The molecular weight excluding hydrogens is 356 g/mol. The molecule has 0 saturated heterocycles. The van der Waals surface area contributed by atoms with E-state index in [1.165, 1.54) is 4.57 Å². The Bertz CT molecular complexity index is 1020. The van der Waals surface area contributed by atoms with Gasteiger partial charge in [-0.1, -0.05) is 41.9 Å². The molecule has 3 rings (SSSR count). The number of carbonyl (C=O) groups is 1. The third-order valence-corrected chi connectivity index (χ3v) is 4.67. The average molecular weight is 375 g/mol. The lowest BCUT2D eigenvalue weighted by Gasteiger charge is -2.19. The molecule has 3 aromatic rings. The van der Waals surface area contributed by atoms with Crippen molar-refractivity contribution in [3.63, 3.8) is 0 Å². The SMILES string of the molecule is CCC(C(=O)NCc1ccccc1Cl)n1c(C)nc2onc(C)c2c1=O. The molecule has 0 aliphatic carbocycles. The number of amides is 1. The van der Waals surface area contributed by atoms with Crippen LogP contribution >= 0.6 is 11.6 Å². The molecule has 0 aliphatic rings. The summed E-state index contributed by atoms with van der Waals surface area (Å²) < 4.78 is 6.47. The summed E-state index contributed by atoms with van der Waals surface area (Å²) in [6.45, 7) is 5.47. The predicted molar refractivity (Wildman–Crippen MR) is 98.2 cm³/mol. The Morgan fingerprint density at radius 3 is 2.77 bits per heavy atom. The van der Waals surface area contributed by atoms with Gasteiger partial charge in [0.15, 0.2) is 0 Å². The fraction of sp³-hybridized carbons (Fsp3) is 0.333. The molecule has 1 amide bonds. The van der Waals surface area contributed by atoms with Crippen molar-refractivity contribution in [1.29, 1.82) is 0 Å². The van der Waals surface area contributed by atoms with E-state index in [1.807, 2.05) is 25.1 Å². The zero-order chi connectivity index (χ0) is 18.8. The standard InChI is InChI=1S/C18H19ClN4O3/c1-4-14(16(24)20-9-12-7-5-6-8-13(12)19)23-11(3)21-17-15(18(23)25)10(2)22-26-17/h5-8,14H,4,9H2,1-3H3,(H,20,24). The molecule has 1 aromatic carbocycles. The summed E-state index contributed by atoms with van der Waals surface area (Å²) in [7, 11) is 0. The number of aromatic nitrogens is 3. The number of rotatable bonds is 5. The van der Waals surface area contributed by atoms with Crippen LogP contribution in [0.1, 0.15) is 36.5 Å². The van der Waals surface area contributed by atoms with Gasteiger partial charge < -0.3 is 9.84 Å². The van der Waals surface area contributed by atoms with Crippen molar-refractivity contribution in [2.75, 3.05) is 0 Å². The minimum absolute atomic E-state index is 0.188. The Balaban J connectivity index is 1.92. The monoisotopic (exact) mass is 374 g/mol. The van der Waals surface area contributed by atoms with Crippen LogP contribution in [-0.2, 0) is 11.3 Å². The first-order chi connectivity index (χ1) is 12.4. The number of fused-ring (bicyclic) bond motifs is 1. The number of nitrogens with zero attached hydrogens (tertiary/aromatic N) is 3. The lowest BCUT2D eigenvalue weighted by molar-refractivity contribution is -0.124. The predicted octanol–water partition coefficient (Wildman–Crippen LogP) is 2.92. The highest BCUT2D eigenvalue weighted by atomic mass is 35.5. The van der Waals surface area contributed by atoms with E-state index in [-0.39, 0.29) is 23.7 Å². The van der Waals surface area contributed by atoms with Crippen molar-refractivity contribution < 1.29 is 9.32 Å². The van der Waals surface area contributed by atoms with E-state index in [0.29, 0.717) is 28.3 Å². The molecule has 0 spiro atoms. The van der Waals surface area contributed by atoms with E-state index in [0.717, 1.165) is 5.56 Å². The number of nitrogens with one attached hydrogen (secondary N) is 1. The lowest BCUT2D eigenvalue weighted by atomic mass is 10.1. The molecule has 1 unspecified atom stereocenters. The van der Waals surface area contributed by atoms with Gasteiger partial charge in [-0.05, 0) is 31.9 Å². The van der Waals surface area contributed by atoms with E-state index in [9.17, 15) is 9.59 Å². The molecular formula is C18H19ClN4O3. The molecule has 1 N–H and O–H groups in total. The van der Waals surface area contributed by atoms with Crippen molar-refractivity contribution in [3.8, 4) is 0 Å². The second-order valence-corrected chi connectivity index (χ2v) is 6.42. The number of carbonyl (C=O) groups excluding carboxylic acids is 1. The van der Waals surface area contributed by atoms with Gasteiger partial charge in [-0.3, -0.25) is 14.2 Å². The minimum atomic E-state index is -0.684. The van der Waals surface area contributed by atoms with Crippen LogP contribution in [0.4, 0.5) is 0 Å². The number of hydrogen-bond acceptors (Lipinski definition) is 5. The van der Waals surface area contributed by atoms with Gasteiger partial charge in [0, 0.05) is 11.6 Å². The first kappa shape index (κ1) is 18.1. The number of benzene rings is 1. The summed E-state index contributed by atoms with van der Waals surface area (Å²) in [6, 6.07) is 6.60. The molecule has 1 atom stereocenters. The van der Waals surface area contributed by atoms with Crippen LogP contribution in [0.15, 0.2) is 33.6 Å². The van der Waals surface area contributed by atoms with Crippen LogP contribution in [0.5, 0.6) is 0 Å². The Morgan fingerprint density at radius 1 is 1.35 bits per heavy atom. The summed E-state index contributed by atoms with van der Waals surface area (Å²) in [5, 5.41) is 7.52. The van der Waals surface area contributed by atoms with Crippen molar-refractivity contribution in [2.45, 2.75) is 39.8 Å². The highest BCUT2D eigenvalue weighted by Gasteiger charge is 2.25. The Hall–Kier alpha value is -2.67. The van der Waals surface area contributed by atoms with E-state index in [2.05, 4.69) is 15.5 Å². The molecule has 2 heterocycles. The maximum Gasteiger partial charge on any atom is 0.267 e. The van der Waals surface area contributed by atoms with Crippen LogP contribution in [0.3, 0.4) is 0 Å². The van der Waals surface area contributed by atoms with Gasteiger partial charge in [0.05, 0.1) is 5.69 Å². The summed E-state index contributed by atoms with van der Waals surface area (Å²) in [4.78, 5) is 29.9. The van der Waals surface area contributed by atoms with Gasteiger partial charge in [0.25, 0.3) is 11.3 Å². The smallest absolute Gasteiger partial charge is 0.267 e. The molecule has 0 aliphatic heterocycles. The van der Waals surface area contributed by atoms with E-state index in [4.69, 9.17) is 16.1 Å². The Labute approximate surface area is 155 Å². The first-order valence-corrected chi connectivity index (χ1v) is 8.68. The van der Waals surface area contributed by atoms with Crippen LogP contribution in [-0.4, -0.2) is 20.6 Å². The second kappa shape index (κ2) is 7.29. The van der Waals surface area contributed by atoms with Crippen LogP contribution in [0, 0.1) is 13.8 Å². The zero-order valence-electron chi connectivity index (χ0n) is 14.7. The highest BCUT2D eigenvalue weighted by Crippen LogP contribution is 2.18. The highest BCUT2D eigenvalue weighted by molar-refractivity contribution is 6.31. The van der Waals surface area contributed by atoms with Crippen molar-refractivity contribution in [2.24, 2.45) is 0 Å². The van der Waals surface area contributed by atoms with Gasteiger partial charge in [0.1, 0.15) is 17.3 Å². The normalized spacial score (nSPS) is 12.3. The maximum atomic E-state index is 12.9. The summed E-state index contributed by atoms with van der Waals surface area (Å²) >= 11 is 6.13. The third kappa shape index (κ3) is 3.22. The van der Waals surface area contributed by atoms with Gasteiger partial charge in [-0.15, -0.1) is 0 Å². The van der Waals surface area contributed by atoms with Crippen LogP contribution in [0.25, 0.3) is 11.1 Å². The lowest BCUT2D eigenvalue weighted by Crippen LogP contribution is -2.38. The van der Waals surface area contributed by atoms with E-state index >= 15 is 0 Å². The molecule has 8 heteroatoms. The second-order valence-electron chi connectivity index (χ2n) is 6.02. The Morgan fingerprint density at radius 2 is 2.08 bits per heavy atom. The van der Waals surface area contributed by atoms with Gasteiger partial charge in [-0.2, -0.15) is 4.98 Å². The molecule has 0 radical (unpaired) electrons. The van der Waals surface area contributed by atoms with Gasteiger partial charge in [0.2, 0.25) is 5.91 Å². The maximum absolute atomic E-state index is 12.9. The summed E-state index contributed by atoms with van der Waals surface area (Å²) in [5.74, 6) is 0.131. The first-order valence-electron chi connectivity index (χ1n) is 8.30. The van der Waals surface area contributed by atoms with Gasteiger partial charge >= 0.3 is 0 Å². The molecule has 26 heavy (non-hydrogen) atoms. The van der Waals surface area contributed by atoms with E-state index in [1.54, 1.807) is 19.9 Å². The fourth-order valence-electron chi connectivity index (χ4n) is 2.94. The number of halogens is 1. The van der Waals surface area contributed by atoms with Gasteiger partial charge in [-0.25, -0.2) is 0 Å². The largest absolute Gasteiger partial charge is 0.350 e. The quantitative estimate of drug-likeness (QED) is 0.741. The molecule has 136 valence electrons. The Kier molecular flexibility index (Phi) is 5.08. The minimum Gasteiger partial charge on any atom is -0.350 e. The van der Waals surface area contributed by atoms with Crippen molar-refractivity contribution in [1.82, 2.24) is 20.0 Å². The number of hydrogen-bond donors (Lipinski definition) is 1. The van der Waals surface area contributed by atoms with E-state index < -0.39 is 6.04 Å². The molecule has 7 nitrogen and oxygen atoms in total. The summed E-state index contributed by atoms with van der Waals surface area (Å²) in [5.41, 5.74) is 1.13. The van der Waals surface area contributed by atoms with Crippen LogP contribution in [0.2, 0.25) is 5.02 Å². The topological polar surface area (TPSA) is 90.0 Å². The zero-order valence-corrected chi connectivity index (χ0v) is 15.5. The van der Waals surface area contributed by atoms with Crippen molar-refractivity contribution in [3.05, 3.63) is 56.7 Å². The molecule has 2 aromatic heterocycles. The fourth-order valence-corrected chi connectivity index (χ4v) is 3.15. The third-order valence-electron chi connectivity index (χ3n) is 4.30. The number of aryl methyl sites for hydroxylation is 2. The molecule has 0 bridgehead atoms. The average Bonchev–Trinajstić information content (AvgIpc) is 2.98. The summed E-state index contributed by atoms with van der Waals surface area (Å²) in [6.07, 6.45) is 0.437.